The normalized spacial score (nSPS) is 14.2. The van der Waals surface area contributed by atoms with Gasteiger partial charge in [-0.25, -0.2) is 19.9 Å². The largest absolute Gasteiger partial charge is 0.265 e. The summed E-state index contributed by atoms with van der Waals surface area (Å²) >= 11 is 0. The first-order valence-corrected chi connectivity index (χ1v) is 23.0. The van der Waals surface area contributed by atoms with Gasteiger partial charge in [0.25, 0.3) is 0 Å². The SMILES string of the molecule is c1ccc(-c2cc(-c3ccncc3)nc(-c3ccccc3-c3ccc4c(c3)C3c5ccccc5C4c4cc(-c5ccccc5-c5cc(-c6ccncc6)nc(-c6ccccc6)n5)ccc43)n2)cc1. The number of hydrogen-bond acceptors (Lipinski definition) is 6. The van der Waals surface area contributed by atoms with Gasteiger partial charge in [0.2, 0.25) is 0 Å². The second kappa shape index (κ2) is 16.5. The molecule has 0 N–H and O–H groups in total. The molecule has 0 saturated carbocycles. The summed E-state index contributed by atoms with van der Waals surface area (Å²) in [5.74, 6) is 1.52. The van der Waals surface area contributed by atoms with Crippen molar-refractivity contribution in [3.8, 4) is 90.1 Å². The van der Waals surface area contributed by atoms with Gasteiger partial charge in [-0.1, -0.05) is 158 Å². The van der Waals surface area contributed by atoms with Crippen molar-refractivity contribution in [2.75, 3.05) is 0 Å². The van der Waals surface area contributed by atoms with Gasteiger partial charge in [0.1, 0.15) is 0 Å². The fraction of sp³-hybridized carbons (Fsp3) is 0.0323. The van der Waals surface area contributed by atoms with Crippen molar-refractivity contribution in [3.05, 3.63) is 264 Å². The molecule has 3 aliphatic rings. The third-order valence-electron chi connectivity index (χ3n) is 13.5. The Morgan fingerprint density at radius 2 is 0.618 bits per heavy atom. The van der Waals surface area contributed by atoms with E-state index in [0.717, 1.165) is 78.4 Å². The standard InChI is InChI=1S/C62H40N6/c1-3-13-39(14-4-1)55-37-56(40-27-31-63-32-28-40)67-62(66-55)52-22-12-8-18-46(52)44-24-26-51-54(36-44)60-49-21-11-10-20-48(49)59(51)53-35-43(23-25-50(53)60)45-17-7-9-19-47(45)58-38-57(41-29-33-64-34-30-41)65-61(68-58)42-15-5-2-6-16-42/h1-38,59-60H. The molecule has 2 atom stereocenters. The Labute approximate surface area is 394 Å². The predicted molar refractivity (Wildman–Crippen MR) is 271 cm³/mol. The zero-order valence-corrected chi connectivity index (χ0v) is 36.8. The molecule has 3 aliphatic carbocycles. The highest BCUT2D eigenvalue weighted by atomic mass is 14.9. The first-order chi connectivity index (χ1) is 33.7. The minimum atomic E-state index is 0.0757. The van der Waals surface area contributed by atoms with Gasteiger partial charge in [0.05, 0.1) is 22.8 Å². The maximum atomic E-state index is 5.23. The Morgan fingerprint density at radius 1 is 0.235 bits per heavy atom. The van der Waals surface area contributed by atoms with Crippen molar-refractivity contribution in [1.82, 2.24) is 29.9 Å². The fourth-order valence-electron chi connectivity index (χ4n) is 10.4. The first kappa shape index (κ1) is 39.4. The lowest BCUT2D eigenvalue weighted by Gasteiger charge is -2.42. The summed E-state index contributed by atoms with van der Waals surface area (Å²) < 4.78 is 0. The van der Waals surface area contributed by atoms with E-state index in [2.05, 4.69) is 168 Å². The monoisotopic (exact) mass is 868 g/mol. The van der Waals surface area contributed by atoms with Gasteiger partial charge in [-0.15, -0.1) is 0 Å². The molecule has 0 saturated heterocycles. The zero-order chi connectivity index (χ0) is 45.0. The molecule has 6 nitrogen and oxygen atoms in total. The zero-order valence-electron chi connectivity index (χ0n) is 36.8. The van der Waals surface area contributed by atoms with Gasteiger partial charge < -0.3 is 0 Å². The Morgan fingerprint density at radius 3 is 1.16 bits per heavy atom. The van der Waals surface area contributed by atoms with Crippen LogP contribution in [0.15, 0.2) is 231 Å². The molecule has 4 aromatic heterocycles. The van der Waals surface area contributed by atoms with Crippen LogP contribution in [0, 0.1) is 0 Å². The first-order valence-electron chi connectivity index (χ1n) is 23.0. The fourth-order valence-corrected chi connectivity index (χ4v) is 10.4. The molecule has 0 aliphatic heterocycles. The Hall–Kier alpha value is -9.00. The average molecular weight is 869 g/mol. The number of aromatic nitrogens is 6. The highest BCUT2D eigenvalue weighted by molar-refractivity contribution is 5.87. The summed E-state index contributed by atoms with van der Waals surface area (Å²) in [4.78, 5) is 29.3. The summed E-state index contributed by atoms with van der Waals surface area (Å²) in [6.45, 7) is 0. The van der Waals surface area contributed by atoms with E-state index >= 15 is 0 Å². The van der Waals surface area contributed by atoms with Crippen molar-refractivity contribution in [2.45, 2.75) is 11.8 Å². The molecule has 0 spiro atoms. The summed E-state index contributed by atoms with van der Waals surface area (Å²) in [6, 6.07) is 73.2. The van der Waals surface area contributed by atoms with E-state index in [1.165, 1.54) is 33.4 Å². The lowest BCUT2D eigenvalue weighted by molar-refractivity contribution is 0.755. The molecule has 4 heterocycles. The van der Waals surface area contributed by atoms with Crippen LogP contribution in [0.25, 0.3) is 90.1 Å². The maximum absolute atomic E-state index is 5.23. The number of hydrogen-bond donors (Lipinski definition) is 0. The predicted octanol–water partition coefficient (Wildman–Crippen LogP) is 14.4. The van der Waals surface area contributed by atoms with Gasteiger partial charge in [0, 0.05) is 70.0 Å². The molecule has 0 fully saturated rings. The van der Waals surface area contributed by atoms with Crippen LogP contribution in [0.2, 0.25) is 0 Å². The van der Waals surface area contributed by atoms with E-state index in [1.807, 2.05) is 73.3 Å². The van der Waals surface area contributed by atoms with Crippen LogP contribution in [0.1, 0.15) is 45.2 Å². The molecule has 7 aromatic carbocycles. The van der Waals surface area contributed by atoms with Gasteiger partial charge >= 0.3 is 0 Å². The second-order valence-electron chi connectivity index (χ2n) is 17.4. The van der Waals surface area contributed by atoms with Crippen LogP contribution in [0.3, 0.4) is 0 Å². The number of benzene rings is 7. The Bertz CT molecular complexity index is 3330. The van der Waals surface area contributed by atoms with Crippen molar-refractivity contribution in [2.24, 2.45) is 0 Å². The molecule has 11 aromatic rings. The van der Waals surface area contributed by atoms with Gasteiger partial charge in [0.15, 0.2) is 11.6 Å². The van der Waals surface area contributed by atoms with Crippen LogP contribution >= 0.6 is 0 Å². The van der Waals surface area contributed by atoms with Crippen LogP contribution in [-0.2, 0) is 0 Å². The van der Waals surface area contributed by atoms with E-state index in [-0.39, 0.29) is 11.8 Å². The van der Waals surface area contributed by atoms with Gasteiger partial charge in [-0.3, -0.25) is 9.97 Å². The van der Waals surface area contributed by atoms with Crippen LogP contribution in [0.5, 0.6) is 0 Å². The molecule has 14 rings (SSSR count). The van der Waals surface area contributed by atoms with E-state index in [9.17, 15) is 0 Å². The lowest BCUT2D eigenvalue weighted by Crippen LogP contribution is -2.27. The Kier molecular flexibility index (Phi) is 9.53. The highest BCUT2D eigenvalue weighted by Crippen LogP contribution is 2.57. The topological polar surface area (TPSA) is 77.3 Å². The minimum absolute atomic E-state index is 0.0757. The lowest BCUT2D eigenvalue weighted by atomic mass is 9.60. The van der Waals surface area contributed by atoms with E-state index in [1.54, 1.807) is 0 Å². The molecule has 318 valence electrons. The smallest absolute Gasteiger partial charge is 0.161 e. The number of nitrogens with zero attached hydrogens (tertiary/aromatic N) is 6. The summed E-state index contributed by atoms with van der Waals surface area (Å²) in [7, 11) is 0. The Balaban J connectivity index is 0.918. The summed E-state index contributed by atoms with van der Waals surface area (Å²) in [5, 5.41) is 0. The molecule has 0 radical (unpaired) electrons. The van der Waals surface area contributed by atoms with Gasteiger partial charge in [-0.05, 0) is 104 Å². The second-order valence-corrected chi connectivity index (χ2v) is 17.4. The molecular formula is C62H40N6. The summed E-state index contributed by atoms with van der Waals surface area (Å²) in [5.41, 5.74) is 22.1. The van der Waals surface area contributed by atoms with Crippen molar-refractivity contribution in [3.63, 3.8) is 0 Å². The molecule has 2 bridgehead atoms. The number of rotatable bonds is 8. The van der Waals surface area contributed by atoms with Crippen LogP contribution in [-0.4, -0.2) is 29.9 Å². The molecule has 68 heavy (non-hydrogen) atoms. The molecule has 2 unspecified atom stereocenters. The summed E-state index contributed by atoms with van der Waals surface area (Å²) in [6.07, 6.45) is 7.24. The van der Waals surface area contributed by atoms with E-state index in [0.29, 0.717) is 11.6 Å². The molecular weight excluding hydrogens is 829 g/mol. The third-order valence-corrected chi connectivity index (χ3v) is 13.5. The molecule has 0 amide bonds. The van der Waals surface area contributed by atoms with Crippen LogP contribution in [0.4, 0.5) is 0 Å². The van der Waals surface area contributed by atoms with Gasteiger partial charge in [-0.2, -0.15) is 0 Å². The van der Waals surface area contributed by atoms with Crippen molar-refractivity contribution >= 4 is 0 Å². The van der Waals surface area contributed by atoms with E-state index in [4.69, 9.17) is 19.9 Å². The quantitative estimate of drug-likeness (QED) is 0.151. The third kappa shape index (κ3) is 6.81. The van der Waals surface area contributed by atoms with E-state index < -0.39 is 0 Å². The highest BCUT2D eigenvalue weighted by Gasteiger charge is 2.41. The maximum Gasteiger partial charge on any atom is 0.161 e. The number of pyridine rings is 2. The van der Waals surface area contributed by atoms with Crippen molar-refractivity contribution < 1.29 is 0 Å². The minimum Gasteiger partial charge on any atom is -0.265 e. The van der Waals surface area contributed by atoms with Crippen molar-refractivity contribution in [1.29, 1.82) is 0 Å². The average Bonchev–Trinajstić information content (AvgIpc) is 3.43. The molecule has 6 heteroatoms. The van der Waals surface area contributed by atoms with Crippen LogP contribution < -0.4 is 0 Å².